The lowest BCUT2D eigenvalue weighted by Crippen LogP contribution is -2.40. The van der Waals surface area contributed by atoms with E-state index in [4.69, 9.17) is 5.84 Å². The Labute approximate surface area is 122 Å². The van der Waals surface area contributed by atoms with Crippen LogP contribution in [0.2, 0.25) is 0 Å². The van der Waals surface area contributed by atoms with Crippen LogP contribution in [0.1, 0.15) is 62.0 Å². The summed E-state index contributed by atoms with van der Waals surface area (Å²) in [6.45, 7) is 0. The van der Waals surface area contributed by atoms with Crippen LogP contribution >= 0.6 is 0 Å². The normalized spacial score (nSPS) is 27.1. The molecule has 2 unspecified atom stereocenters. The van der Waals surface area contributed by atoms with Crippen LogP contribution in [0.3, 0.4) is 0 Å². The smallest absolute Gasteiger partial charge is 0.0488 e. The first-order chi connectivity index (χ1) is 9.90. The molecule has 0 fully saturated rings. The summed E-state index contributed by atoms with van der Waals surface area (Å²) in [4.78, 5) is 0. The topological polar surface area (TPSA) is 38.0 Å². The zero-order chi connectivity index (χ0) is 13.8. The van der Waals surface area contributed by atoms with Crippen LogP contribution in [0.5, 0.6) is 0 Å². The van der Waals surface area contributed by atoms with Gasteiger partial charge in [0.1, 0.15) is 0 Å². The molecule has 0 radical (unpaired) electrons. The van der Waals surface area contributed by atoms with Gasteiger partial charge < -0.3 is 0 Å². The number of allylic oxidation sites excluding steroid dienone is 1. The van der Waals surface area contributed by atoms with Crippen molar-refractivity contribution >= 4 is 0 Å². The number of nitrogens with one attached hydrogen (secondary N) is 1. The average molecular weight is 270 g/mol. The molecule has 2 aliphatic carbocycles. The summed E-state index contributed by atoms with van der Waals surface area (Å²) in [5.74, 6) is 6.50. The van der Waals surface area contributed by atoms with Gasteiger partial charge in [-0.25, -0.2) is 0 Å². The molecule has 2 nitrogen and oxygen atoms in total. The Kier molecular flexibility index (Phi) is 4.54. The van der Waals surface area contributed by atoms with E-state index < -0.39 is 0 Å². The highest BCUT2D eigenvalue weighted by molar-refractivity contribution is 5.38. The van der Waals surface area contributed by atoms with Gasteiger partial charge >= 0.3 is 0 Å². The molecule has 20 heavy (non-hydrogen) atoms. The summed E-state index contributed by atoms with van der Waals surface area (Å²) in [5.41, 5.74) is 7.71. The molecule has 1 aromatic rings. The summed E-state index contributed by atoms with van der Waals surface area (Å²) in [7, 11) is 0. The molecule has 2 heteroatoms. The van der Waals surface area contributed by atoms with Crippen molar-refractivity contribution in [3.05, 3.63) is 47.0 Å². The van der Waals surface area contributed by atoms with Gasteiger partial charge in [0.15, 0.2) is 0 Å². The summed E-state index contributed by atoms with van der Waals surface area (Å²) < 4.78 is 0. The molecule has 2 atom stereocenters. The predicted molar refractivity (Wildman–Crippen MR) is 84.4 cm³/mol. The molecule has 2 aliphatic rings. The van der Waals surface area contributed by atoms with Crippen LogP contribution in [-0.4, -0.2) is 6.04 Å². The van der Waals surface area contributed by atoms with Gasteiger partial charge in [-0.3, -0.25) is 11.3 Å². The van der Waals surface area contributed by atoms with E-state index in [1.165, 1.54) is 62.5 Å². The predicted octanol–water partition coefficient (Wildman–Crippen LogP) is 3.83. The van der Waals surface area contributed by atoms with Gasteiger partial charge in [-0.05, 0) is 49.7 Å². The molecule has 0 bridgehead atoms. The molecule has 0 amide bonds. The second-order valence-corrected chi connectivity index (χ2v) is 6.22. The summed E-state index contributed by atoms with van der Waals surface area (Å²) in [5, 5.41) is 0. The third-order valence-corrected chi connectivity index (χ3v) is 4.99. The standard InChI is InChI=1S/C18H26N2/c19-20-18(15-9-4-2-1-3-5-10-15)17-13-12-14-8-6-7-11-16(14)17/h6-9,11,17-18,20H,1-5,10,12-13,19H2/b15-9+. The number of hydrogen-bond acceptors (Lipinski definition) is 2. The monoisotopic (exact) mass is 270 g/mol. The van der Waals surface area contributed by atoms with Crippen molar-refractivity contribution in [2.75, 3.05) is 0 Å². The number of rotatable bonds is 3. The maximum Gasteiger partial charge on any atom is 0.0488 e. The fourth-order valence-electron chi connectivity index (χ4n) is 3.92. The maximum absolute atomic E-state index is 5.94. The zero-order valence-corrected chi connectivity index (χ0v) is 12.3. The molecule has 0 aromatic heterocycles. The maximum atomic E-state index is 5.94. The van der Waals surface area contributed by atoms with Crippen molar-refractivity contribution in [3.8, 4) is 0 Å². The Morgan fingerprint density at radius 3 is 2.80 bits per heavy atom. The van der Waals surface area contributed by atoms with Crippen LogP contribution in [-0.2, 0) is 6.42 Å². The highest BCUT2D eigenvalue weighted by atomic mass is 15.2. The van der Waals surface area contributed by atoms with E-state index in [1.807, 2.05) is 0 Å². The van der Waals surface area contributed by atoms with Gasteiger partial charge in [-0.1, -0.05) is 48.8 Å². The number of hydrogen-bond donors (Lipinski definition) is 2. The Hall–Kier alpha value is -1.12. The average Bonchev–Trinajstić information content (AvgIpc) is 2.86. The van der Waals surface area contributed by atoms with Crippen molar-refractivity contribution in [2.45, 2.75) is 63.3 Å². The van der Waals surface area contributed by atoms with E-state index in [9.17, 15) is 0 Å². The first-order valence-corrected chi connectivity index (χ1v) is 8.13. The molecule has 1 aromatic carbocycles. The van der Waals surface area contributed by atoms with Crippen molar-refractivity contribution in [1.82, 2.24) is 5.43 Å². The Morgan fingerprint density at radius 2 is 1.90 bits per heavy atom. The second-order valence-electron chi connectivity index (χ2n) is 6.22. The third-order valence-electron chi connectivity index (χ3n) is 4.99. The first kappa shape index (κ1) is 13.8. The van der Waals surface area contributed by atoms with Crippen molar-refractivity contribution in [3.63, 3.8) is 0 Å². The summed E-state index contributed by atoms with van der Waals surface area (Å²) in [6, 6.07) is 9.21. The Bertz CT molecular complexity index is 478. The van der Waals surface area contributed by atoms with E-state index in [-0.39, 0.29) is 0 Å². The van der Waals surface area contributed by atoms with Gasteiger partial charge in [0.05, 0.1) is 0 Å². The minimum atomic E-state index is 0.330. The molecule has 0 saturated heterocycles. The zero-order valence-electron chi connectivity index (χ0n) is 12.3. The Morgan fingerprint density at radius 1 is 1.05 bits per heavy atom. The summed E-state index contributed by atoms with van der Waals surface area (Å²) >= 11 is 0. The van der Waals surface area contributed by atoms with Crippen LogP contribution in [0.15, 0.2) is 35.9 Å². The van der Waals surface area contributed by atoms with E-state index >= 15 is 0 Å². The molecular formula is C18H26N2. The molecule has 0 heterocycles. The minimum absolute atomic E-state index is 0.330. The molecule has 3 N–H and O–H groups in total. The van der Waals surface area contributed by atoms with Crippen LogP contribution in [0.25, 0.3) is 0 Å². The fourth-order valence-corrected chi connectivity index (χ4v) is 3.92. The van der Waals surface area contributed by atoms with Crippen molar-refractivity contribution in [2.24, 2.45) is 5.84 Å². The molecule has 0 saturated carbocycles. The van der Waals surface area contributed by atoms with E-state index in [0.29, 0.717) is 12.0 Å². The van der Waals surface area contributed by atoms with Crippen LogP contribution < -0.4 is 11.3 Å². The quantitative estimate of drug-likeness (QED) is 0.498. The lowest BCUT2D eigenvalue weighted by Gasteiger charge is -2.27. The highest BCUT2D eigenvalue weighted by Gasteiger charge is 2.30. The lowest BCUT2D eigenvalue weighted by atomic mass is 9.84. The van der Waals surface area contributed by atoms with Gasteiger partial charge in [0, 0.05) is 12.0 Å². The van der Waals surface area contributed by atoms with E-state index in [1.54, 1.807) is 5.57 Å². The number of benzene rings is 1. The molecule has 0 spiro atoms. The van der Waals surface area contributed by atoms with Crippen molar-refractivity contribution < 1.29 is 0 Å². The molecule has 108 valence electrons. The Balaban J connectivity index is 1.83. The number of hydrazine groups is 1. The van der Waals surface area contributed by atoms with Gasteiger partial charge in [0.25, 0.3) is 0 Å². The van der Waals surface area contributed by atoms with Gasteiger partial charge in [0.2, 0.25) is 0 Å². The number of nitrogens with two attached hydrogens (primary N) is 1. The second kappa shape index (κ2) is 6.55. The fraction of sp³-hybridized carbons (Fsp3) is 0.556. The first-order valence-electron chi connectivity index (χ1n) is 8.13. The van der Waals surface area contributed by atoms with Crippen LogP contribution in [0, 0.1) is 0 Å². The van der Waals surface area contributed by atoms with Crippen molar-refractivity contribution in [1.29, 1.82) is 0 Å². The lowest BCUT2D eigenvalue weighted by molar-refractivity contribution is 0.463. The number of aryl methyl sites for hydroxylation is 1. The molecular weight excluding hydrogens is 244 g/mol. The number of fused-ring (bicyclic) bond motifs is 1. The SMILES string of the molecule is NNC(/C1=C/CCCCCC1)C1CCc2ccccc21. The van der Waals surface area contributed by atoms with Gasteiger partial charge in [-0.15, -0.1) is 0 Å². The largest absolute Gasteiger partial charge is 0.271 e. The van der Waals surface area contributed by atoms with E-state index in [0.717, 1.165) is 0 Å². The molecule has 3 rings (SSSR count). The third kappa shape index (κ3) is 2.82. The minimum Gasteiger partial charge on any atom is -0.271 e. The van der Waals surface area contributed by atoms with Crippen LogP contribution in [0.4, 0.5) is 0 Å². The molecule has 0 aliphatic heterocycles. The van der Waals surface area contributed by atoms with E-state index in [2.05, 4.69) is 35.8 Å². The highest BCUT2D eigenvalue weighted by Crippen LogP contribution is 2.38. The van der Waals surface area contributed by atoms with Gasteiger partial charge in [-0.2, -0.15) is 0 Å². The summed E-state index contributed by atoms with van der Waals surface area (Å²) in [6.07, 6.45) is 12.7.